The quantitative estimate of drug-likeness (QED) is 0.715. The summed E-state index contributed by atoms with van der Waals surface area (Å²) >= 11 is 19.9. The van der Waals surface area contributed by atoms with Crippen LogP contribution < -0.4 is 10.6 Å². The molecule has 0 unspecified atom stereocenters. The molecule has 25 heavy (non-hydrogen) atoms. The Labute approximate surface area is 163 Å². The maximum absolute atomic E-state index is 12.4. The smallest absolute Gasteiger partial charge is 0.265 e. The molecule has 3 rings (SSSR count). The number of amides is 1. The van der Waals surface area contributed by atoms with Crippen LogP contribution >= 0.6 is 46.6 Å². The number of benzene rings is 2. The first-order chi connectivity index (χ1) is 12.0. The highest BCUT2D eigenvalue weighted by molar-refractivity contribution is 8.03. The van der Waals surface area contributed by atoms with E-state index in [4.69, 9.17) is 34.8 Å². The minimum Gasteiger partial charge on any atom is -0.348 e. The molecule has 0 bridgehead atoms. The zero-order valence-corrected chi connectivity index (χ0v) is 15.6. The number of hydrogen-bond acceptors (Lipinski definition) is 4. The Bertz CT molecular complexity index is 903. The van der Waals surface area contributed by atoms with Gasteiger partial charge in [0.2, 0.25) is 0 Å². The molecule has 0 radical (unpaired) electrons. The normalized spacial score (nSPS) is 17.0. The van der Waals surface area contributed by atoms with Crippen LogP contribution in [0.25, 0.3) is 0 Å². The molecule has 0 aromatic heterocycles. The monoisotopic (exact) mass is 409 g/mol. The summed E-state index contributed by atoms with van der Waals surface area (Å²) in [4.78, 5) is 12.4. The molecule has 0 fully saturated rings. The number of hydrogen-bond donors (Lipinski definition) is 2. The predicted molar refractivity (Wildman–Crippen MR) is 103 cm³/mol. The number of rotatable bonds is 3. The van der Waals surface area contributed by atoms with Gasteiger partial charge < -0.3 is 10.6 Å². The Balaban J connectivity index is 2.00. The Morgan fingerprint density at radius 2 is 1.68 bits per heavy atom. The summed E-state index contributed by atoms with van der Waals surface area (Å²) in [6.45, 7) is 0. The second-order valence-electron chi connectivity index (χ2n) is 5.03. The summed E-state index contributed by atoms with van der Waals surface area (Å²) in [6.07, 6.45) is 0. The van der Waals surface area contributed by atoms with Crippen molar-refractivity contribution in [2.45, 2.75) is 5.37 Å². The maximum Gasteiger partial charge on any atom is 0.265 e. The maximum atomic E-state index is 12.4. The zero-order valence-electron chi connectivity index (χ0n) is 12.5. The summed E-state index contributed by atoms with van der Waals surface area (Å²) in [5.74, 6) is -0.503. The lowest BCUT2D eigenvalue weighted by Gasteiger charge is -2.27. The Morgan fingerprint density at radius 3 is 2.32 bits per heavy atom. The number of nitrogens with one attached hydrogen (secondary N) is 2. The van der Waals surface area contributed by atoms with E-state index in [-0.39, 0.29) is 5.57 Å². The van der Waals surface area contributed by atoms with E-state index >= 15 is 0 Å². The highest BCUT2D eigenvalue weighted by atomic mass is 35.5. The third-order valence-corrected chi connectivity index (χ3v) is 5.57. The van der Waals surface area contributed by atoms with Crippen molar-refractivity contribution in [2.24, 2.45) is 0 Å². The van der Waals surface area contributed by atoms with Crippen molar-refractivity contribution < 1.29 is 4.79 Å². The lowest BCUT2D eigenvalue weighted by atomic mass is 10.2. The van der Waals surface area contributed by atoms with Crippen LogP contribution in [0.4, 0.5) is 5.69 Å². The van der Waals surface area contributed by atoms with Gasteiger partial charge in [-0.1, -0.05) is 64.8 Å². The first-order valence-corrected chi connectivity index (χ1v) is 9.10. The standard InChI is InChI=1S/C17H10Cl3N3OS/c18-10-4-1-2-7-13(10)22-16-9(8-21)15(24)23-17(25-16)14-11(19)5-3-6-12(14)20/h1-7,17,22H,(H,23,24)/t17-/m0/s1. The van der Waals surface area contributed by atoms with Crippen LogP contribution in [0, 0.1) is 11.3 Å². The molecule has 0 spiro atoms. The number of nitriles is 1. The average molecular weight is 411 g/mol. The minimum absolute atomic E-state index is 0.0238. The van der Waals surface area contributed by atoms with Crippen molar-refractivity contribution >= 4 is 58.2 Å². The summed E-state index contributed by atoms with van der Waals surface area (Å²) < 4.78 is 0. The van der Waals surface area contributed by atoms with Crippen LogP contribution in [0.5, 0.6) is 0 Å². The summed E-state index contributed by atoms with van der Waals surface area (Å²) in [5.41, 5.74) is 1.15. The molecule has 2 N–H and O–H groups in total. The van der Waals surface area contributed by atoms with Gasteiger partial charge in [-0.3, -0.25) is 4.79 Å². The Hall–Kier alpha value is -1.84. The van der Waals surface area contributed by atoms with E-state index in [1.807, 2.05) is 6.07 Å². The van der Waals surface area contributed by atoms with Crippen LogP contribution in [0.1, 0.15) is 10.9 Å². The van der Waals surface area contributed by atoms with E-state index < -0.39 is 11.3 Å². The molecule has 1 atom stereocenters. The molecule has 2 aromatic carbocycles. The number of carbonyl (C=O) groups is 1. The Morgan fingerprint density at radius 1 is 1.04 bits per heavy atom. The van der Waals surface area contributed by atoms with Crippen LogP contribution in [0.3, 0.4) is 0 Å². The van der Waals surface area contributed by atoms with E-state index in [0.29, 0.717) is 31.3 Å². The van der Waals surface area contributed by atoms with Gasteiger partial charge in [0.15, 0.2) is 0 Å². The van der Waals surface area contributed by atoms with E-state index in [9.17, 15) is 10.1 Å². The fraction of sp³-hybridized carbons (Fsp3) is 0.0588. The van der Waals surface area contributed by atoms with E-state index in [1.54, 1.807) is 42.5 Å². The molecule has 4 nitrogen and oxygen atoms in total. The Kier molecular flexibility index (Phi) is 5.45. The van der Waals surface area contributed by atoms with Crippen LogP contribution in [0.15, 0.2) is 53.1 Å². The predicted octanol–water partition coefficient (Wildman–Crippen LogP) is 5.36. The summed E-state index contributed by atoms with van der Waals surface area (Å²) in [5, 5.41) is 16.3. The molecule has 1 heterocycles. The van der Waals surface area contributed by atoms with Crippen LogP contribution in [-0.2, 0) is 4.79 Å². The second-order valence-corrected chi connectivity index (χ2v) is 7.36. The van der Waals surface area contributed by atoms with Crippen LogP contribution in [0.2, 0.25) is 15.1 Å². The lowest BCUT2D eigenvalue weighted by molar-refractivity contribution is -0.117. The summed E-state index contributed by atoms with van der Waals surface area (Å²) in [6, 6.07) is 14.1. The third-order valence-electron chi connectivity index (χ3n) is 3.45. The van der Waals surface area contributed by atoms with Gasteiger partial charge in [-0.2, -0.15) is 5.26 Å². The van der Waals surface area contributed by atoms with Crippen molar-refractivity contribution in [3.05, 3.63) is 73.7 Å². The van der Waals surface area contributed by atoms with Crippen molar-refractivity contribution in [1.29, 1.82) is 5.26 Å². The molecule has 2 aromatic rings. The largest absolute Gasteiger partial charge is 0.348 e. The first-order valence-electron chi connectivity index (χ1n) is 7.08. The molecule has 0 saturated heterocycles. The number of nitrogens with zero attached hydrogens (tertiary/aromatic N) is 1. The number of halogens is 3. The van der Waals surface area contributed by atoms with Gasteiger partial charge in [0.25, 0.3) is 5.91 Å². The highest BCUT2D eigenvalue weighted by Crippen LogP contribution is 2.43. The van der Waals surface area contributed by atoms with E-state index in [1.165, 1.54) is 11.8 Å². The molecule has 1 aliphatic heterocycles. The van der Waals surface area contributed by atoms with Crippen molar-refractivity contribution in [1.82, 2.24) is 5.32 Å². The fourth-order valence-electron chi connectivity index (χ4n) is 2.27. The molecule has 0 aliphatic carbocycles. The molecule has 8 heteroatoms. The van der Waals surface area contributed by atoms with E-state index in [0.717, 1.165) is 0 Å². The van der Waals surface area contributed by atoms with Gasteiger partial charge in [-0.25, -0.2) is 0 Å². The minimum atomic E-state index is -0.532. The van der Waals surface area contributed by atoms with Crippen molar-refractivity contribution in [2.75, 3.05) is 5.32 Å². The summed E-state index contributed by atoms with van der Waals surface area (Å²) in [7, 11) is 0. The fourth-order valence-corrected chi connectivity index (χ4v) is 4.40. The van der Waals surface area contributed by atoms with Gasteiger partial charge in [0.05, 0.1) is 15.7 Å². The second kappa shape index (κ2) is 7.59. The molecular formula is C17H10Cl3N3OS. The molecule has 1 amide bonds. The van der Waals surface area contributed by atoms with Gasteiger partial charge >= 0.3 is 0 Å². The van der Waals surface area contributed by atoms with Crippen molar-refractivity contribution in [3.8, 4) is 6.07 Å². The molecular weight excluding hydrogens is 401 g/mol. The van der Waals surface area contributed by atoms with E-state index in [2.05, 4.69) is 10.6 Å². The molecule has 1 aliphatic rings. The highest BCUT2D eigenvalue weighted by Gasteiger charge is 2.31. The zero-order chi connectivity index (χ0) is 18.0. The molecule has 126 valence electrons. The topological polar surface area (TPSA) is 64.9 Å². The number of anilines is 1. The third kappa shape index (κ3) is 3.73. The van der Waals surface area contributed by atoms with Gasteiger partial charge in [0, 0.05) is 15.6 Å². The first kappa shape index (κ1) is 18.0. The lowest BCUT2D eigenvalue weighted by Crippen LogP contribution is -2.33. The number of para-hydroxylation sites is 1. The van der Waals surface area contributed by atoms with Crippen LogP contribution in [-0.4, -0.2) is 5.91 Å². The van der Waals surface area contributed by atoms with Gasteiger partial charge in [-0.15, -0.1) is 0 Å². The number of thioether (sulfide) groups is 1. The SMILES string of the molecule is N#CC1=C(Nc2ccccc2Cl)S[C@@H](c2c(Cl)cccc2Cl)NC1=O. The number of carbonyl (C=O) groups excluding carboxylic acids is 1. The molecule has 0 saturated carbocycles. The average Bonchev–Trinajstić information content (AvgIpc) is 2.57. The van der Waals surface area contributed by atoms with Gasteiger partial charge in [0.1, 0.15) is 17.0 Å². The van der Waals surface area contributed by atoms with Gasteiger partial charge in [-0.05, 0) is 24.3 Å². The van der Waals surface area contributed by atoms with Crippen molar-refractivity contribution in [3.63, 3.8) is 0 Å².